The van der Waals surface area contributed by atoms with E-state index in [9.17, 15) is 0 Å². The fourth-order valence-electron chi connectivity index (χ4n) is 0.610. The molecule has 2 atom stereocenters. The second-order valence-corrected chi connectivity index (χ2v) is 3.21. The van der Waals surface area contributed by atoms with Gasteiger partial charge >= 0.3 is 0 Å². The molecule has 0 spiro atoms. The van der Waals surface area contributed by atoms with Gasteiger partial charge in [0, 0.05) is 5.38 Å². The highest BCUT2D eigenvalue weighted by molar-refractivity contribution is 6.20. The van der Waals surface area contributed by atoms with Gasteiger partial charge in [-0.3, -0.25) is 0 Å². The van der Waals surface area contributed by atoms with E-state index in [1.165, 1.54) is 0 Å². The van der Waals surface area contributed by atoms with Crippen LogP contribution in [0, 0.1) is 5.92 Å². The van der Waals surface area contributed by atoms with Crippen LogP contribution in [0.2, 0.25) is 0 Å². The van der Waals surface area contributed by atoms with E-state index >= 15 is 0 Å². The average molecular weight is 147 g/mol. The van der Waals surface area contributed by atoms with Crippen LogP contribution in [0.15, 0.2) is 12.7 Å². The number of hydrogen-bond donors (Lipinski definition) is 0. The topological polar surface area (TPSA) is 0 Å². The van der Waals surface area contributed by atoms with Gasteiger partial charge in [-0.2, -0.15) is 0 Å². The highest BCUT2D eigenvalue weighted by atomic mass is 35.5. The lowest BCUT2D eigenvalue weighted by Crippen LogP contribution is -2.05. The zero-order valence-electron chi connectivity index (χ0n) is 6.23. The van der Waals surface area contributed by atoms with Crippen molar-refractivity contribution in [2.24, 2.45) is 5.92 Å². The van der Waals surface area contributed by atoms with E-state index in [-0.39, 0.29) is 0 Å². The maximum absolute atomic E-state index is 5.83. The van der Waals surface area contributed by atoms with Crippen LogP contribution < -0.4 is 0 Å². The standard InChI is InChI=1S/C8H15Cl/c1-4-5-6-7(2)8(3)9/h4,7-8H,1,5-6H2,2-3H3. The van der Waals surface area contributed by atoms with Crippen LogP contribution in [-0.2, 0) is 0 Å². The quantitative estimate of drug-likeness (QED) is 0.422. The number of hydrogen-bond acceptors (Lipinski definition) is 0. The van der Waals surface area contributed by atoms with Crippen LogP contribution in [0.1, 0.15) is 26.7 Å². The molecule has 0 saturated heterocycles. The predicted molar refractivity (Wildman–Crippen MR) is 43.9 cm³/mol. The zero-order valence-corrected chi connectivity index (χ0v) is 6.99. The molecule has 2 unspecified atom stereocenters. The largest absolute Gasteiger partial charge is 0.123 e. The Morgan fingerprint density at radius 1 is 1.56 bits per heavy atom. The van der Waals surface area contributed by atoms with Crippen LogP contribution >= 0.6 is 11.6 Å². The lowest BCUT2D eigenvalue weighted by atomic mass is 10.0. The third-order valence-corrected chi connectivity index (χ3v) is 2.04. The fourth-order valence-corrected chi connectivity index (χ4v) is 0.736. The Hall–Kier alpha value is 0.0300. The Morgan fingerprint density at radius 2 is 2.11 bits per heavy atom. The summed E-state index contributed by atoms with van der Waals surface area (Å²) >= 11 is 5.83. The second kappa shape index (κ2) is 4.87. The molecule has 0 saturated carbocycles. The summed E-state index contributed by atoms with van der Waals surface area (Å²) in [6.45, 7) is 7.85. The van der Waals surface area contributed by atoms with Crippen molar-refractivity contribution in [3.63, 3.8) is 0 Å². The van der Waals surface area contributed by atoms with Gasteiger partial charge in [0.1, 0.15) is 0 Å². The second-order valence-electron chi connectivity index (χ2n) is 2.52. The molecule has 54 valence electrons. The van der Waals surface area contributed by atoms with Gasteiger partial charge in [0.2, 0.25) is 0 Å². The van der Waals surface area contributed by atoms with Gasteiger partial charge in [0.05, 0.1) is 0 Å². The van der Waals surface area contributed by atoms with Gasteiger partial charge in [-0.15, -0.1) is 18.2 Å². The Kier molecular flexibility index (Phi) is 4.88. The predicted octanol–water partition coefficient (Wildman–Crippen LogP) is 3.22. The zero-order chi connectivity index (χ0) is 7.28. The summed E-state index contributed by atoms with van der Waals surface area (Å²) in [6.07, 6.45) is 4.18. The first-order valence-electron chi connectivity index (χ1n) is 3.43. The first-order valence-corrected chi connectivity index (χ1v) is 3.87. The van der Waals surface area contributed by atoms with E-state index in [0.29, 0.717) is 11.3 Å². The van der Waals surface area contributed by atoms with Crippen molar-refractivity contribution in [3.8, 4) is 0 Å². The molecule has 0 aliphatic heterocycles. The number of halogens is 1. The third-order valence-electron chi connectivity index (χ3n) is 1.61. The third kappa shape index (κ3) is 4.53. The molecule has 0 aromatic carbocycles. The monoisotopic (exact) mass is 146 g/mol. The molecule has 0 amide bonds. The summed E-state index contributed by atoms with van der Waals surface area (Å²) in [5.74, 6) is 0.615. The molecule has 0 aromatic heterocycles. The minimum Gasteiger partial charge on any atom is -0.123 e. The van der Waals surface area contributed by atoms with Crippen LogP contribution in [-0.4, -0.2) is 5.38 Å². The smallest absolute Gasteiger partial charge is 0.0333 e. The summed E-state index contributed by atoms with van der Waals surface area (Å²) in [7, 11) is 0. The molecule has 0 rings (SSSR count). The molecule has 1 heteroatoms. The fraction of sp³-hybridized carbons (Fsp3) is 0.750. The van der Waals surface area contributed by atoms with Gasteiger partial charge in [0.25, 0.3) is 0 Å². The van der Waals surface area contributed by atoms with Gasteiger partial charge < -0.3 is 0 Å². The summed E-state index contributed by atoms with van der Waals surface area (Å²) in [5.41, 5.74) is 0. The summed E-state index contributed by atoms with van der Waals surface area (Å²) in [5, 5.41) is 0.296. The highest BCUT2D eigenvalue weighted by Gasteiger charge is 2.06. The molecular formula is C8H15Cl. The molecule has 0 bridgehead atoms. The van der Waals surface area contributed by atoms with Crippen molar-refractivity contribution in [2.75, 3.05) is 0 Å². The molecule has 0 aliphatic carbocycles. The van der Waals surface area contributed by atoms with Crippen LogP contribution in [0.5, 0.6) is 0 Å². The van der Waals surface area contributed by atoms with E-state index in [4.69, 9.17) is 11.6 Å². The molecule has 0 fully saturated rings. The Bertz CT molecular complexity index is 76.6. The molecule has 0 radical (unpaired) electrons. The van der Waals surface area contributed by atoms with Crippen molar-refractivity contribution in [3.05, 3.63) is 12.7 Å². The lowest BCUT2D eigenvalue weighted by Gasteiger charge is -2.10. The molecule has 0 nitrogen and oxygen atoms in total. The first kappa shape index (κ1) is 9.03. The van der Waals surface area contributed by atoms with Gasteiger partial charge in [-0.25, -0.2) is 0 Å². The van der Waals surface area contributed by atoms with Crippen LogP contribution in [0.25, 0.3) is 0 Å². The Labute approximate surface area is 62.9 Å². The van der Waals surface area contributed by atoms with Gasteiger partial charge in [-0.1, -0.05) is 13.0 Å². The van der Waals surface area contributed by atoms with E-state index < -0.39 is 0 Å². The summed E-state index contributed by atoms with van der Waals surface area (Å²) in [6, 6.07) is 0. The van der Waals surface area contributed by atoms with Crippen molar-refractivity contribution in [1.29, 1.82) is 0 Å². The van der Waals surface area contributed by atoms with E-state index in [1.807, 2.05) is 13.0 Å². The summed E-state index contributed by atoms with van der Waals surface area (Å²) in [4.78, 5) is 0. The lowest BCUT2D eigenvalue weighted by molar-refractivity contribution is 0.529. The number of rotatable bonds is 4. The van der Waals surface area contributed by atoms with Crippen LogP contribution in [0.4, 0.5) is 0 Å². The maximum Gasteiger partial charge on any atom is 0.0333 e. The van der Waals surface area contributed by atoms with Gasteiger partial charge in [0.15, 0.2) is 0 Å². The maximum atomic E-state index is 5.83. The van der Waals surface area contributed by atoms with Gasteiger partial charge in [-0.05, 0) is 25.7 Å². The van der Waals surface area contributed by atoms with Crippen molar-refractivity contribution < 1.29 is 0 Å². The minimum atomic E-state index is 0.296. The number of allylic oxidation sites excluding steroid dienone is 1. The molecule has 0 heterocycles. The van der Waals surface area contributed by atoms with E-state index in [2.05, 4.69) is 13.5 Å². The Balaban J connectivity index is 3.26. The molecule has 0 N–H and O–H groups in total. The molecule has 9 heavy (non-hydrogen) atoms. The van der Waals surface area contributed by atoms with E-state index in [0.717, 1.165) is 12.8 Å². The summed E-state index contributed by atoms with van der Waals surface area (Å²) < 4.78 is 0. The molecule has 0 aliphatic rings. The molecule has 0 aromatic rings. The SMILES string of the molecule is C=CCCC(C)C(C)Cl. The van der Waals surface area contributed by atoms with Crippen LogP contribution in [0.3, 0.4) is 0 Å². The normalized spacial score (nSPS) is 16.8. The van der Waals surface area contributed by atoms with Crippen molar-refractivity contribution in [2.45, 2.75) is 32.1 Å². The first-order chi connectivity index (χ1) is 4.18. The minimum absolute atomic E-state index is 0.296. The molecular weight excluding hydrogens is 132 g/mol. The Morgan fingerprint density at radius 3 is 2.44 bits per heavy atom. The average Bonchev–Trinajstić information content (AvgIpc) is 1.82. The van der Waals surface area contributed by atoms with Crippen molar-refractivity contribution >= 4 is 11.6 Å². The highest BCUT2D eigenvalue weighted by Crippen LogP contribution is 2.14. The van der Waals surface area contributed by atoms with Crippen molar-refractivity contribution in [1.82, 2.24) is 0 Å². The van der Waals surface area contributed by atoms with E-state index in [1.54, 1.807) is 0 Å². The number of alkyl halides is 1.